The minimum absolute atomic E-state index is 0.149. The second kappa shape index (κ2) is 7.31. The highest BCUT2D eigenvalue weighted by molar-refractivity contribution is 5.47. The van der Waals surface area contributed by atoms with Crippen molar-refractivity contribution >= 4 is 0 Å². The number of likely N-dealkylation sites (tertiary alicyclic amines) is 1. The number of aryl methyl sites for hydroxylation is 1. The van der Waals surface area contributed by atoms with Crippen molar-refractivity contribution in [3.63, 3.8) is 0 Å². The fourth-order valence-electron chi connectivity index (χ4n) is 3.36. The van der Waals surface area contributed by atoms with Gasteiger partial charge < -0.3 is 9.63 Å². The summed E-state index contributed by atoms with van der Waals surface area (Å²) in [6, 6.07) is 7.61. The Morgan fingerprint density at radius 1 is 1.19 bits per heavy atom. The van der Waals surface area contributed by atoms with E-state index in [9.17, 15) is 5.11 Å². The van der Waals surface area contributed by atoms with Crippen LogP contribution in [0.4, 0.5) is 0 Å². The molecule has 0 aromatic carbocycles. The van der Waals surface area contributed by atoms with Gasteiger partial charge in [-0.05, 0) is 19.1 Å². The number of β-amino-alcohol motifs (C(OH)–C–C–N with tert-alkyl or cyclic N) is 1. The number of pyridine rings is 1. The van der Waals surface area contributed by atoms with Crippen molar-refractivity contribution in [2.75, 3.05) is 13.1 Å². The van der Waals surface area contributed by atoms with Crippen LogP contribution in [0.3, 0.4) is 0 Å². The molecule has 1 saturated heterocycles. The molecule has 0 bridgehead atoms. The van der Waals surface area contributed by atoms with E-state index in [0.717, 1.165) is 29.3 Å². The van der Waals surface area contributed by atoms with Gasteiger partial charge in [-0.15, -0.1) is 0 Å². The lowest BCUT2D eigenvalue weighted by Crippen LogP contribution is -2.21. The average molecular weight is 351 g/mol. The highest BCUT2D eigenvalue weighted by Gasteiger charge is 2.32. The van der Waals surface area contributed by atoms with E-state index in [-0.39, 0.29) is 12.0 Å². The zero-order valence-electron chi connectivity index (χ0n) is 14.6. The second-order valence-electron chi connectivity index (χ2n) is 6.79. The van der Waals surface area contributed by atoms with Crippen LogP contribution in [0.2, 0.25) is 0 Å². The largest absolute Gasteiger partial charge is 0.391 e. The standard InChI is InChI=1S/C19H21N5O2/c1-13-6-16(26-23-13)7-15-11-24(12-18(15)25)10-14-8-21-19(22-9-14)17-4-2-3-5-20-17/h2-6,8-9,15,18,25H,7,10-12H2,1H3/t15-,18-/m1/s1. The van der Waals surface area contributed by atoms with E-state index in [4.69, 9.17) is 4.52 Å². The number of aromatic nitrogens is 4. The van der Waals surface area contributed by atoms with E-state index < -0.39 is 0 Å². The molecule has 0 saturated carbocycles. The van der Waals surface area contributed by atoms with Crippen molar-refractivity contribution in [2.24, 2.45) is 5.92 Å². The molecule has 1 aliphatic rings. The van der Waals surface area contributed by atoms with Gasteiger partial charge in [0.25, 0.3) is 0 Å². The van der Waals surface area contributed by atoms with Crippen molar-refractivity contribution in [2.45, 2.75) is 26.0 Å². The Bertz CT molecular complexity index is 850. The van der Waals surface area contributed by atoms with Crippen LogP contribution in [0.15, 0.2) is 47.4 Å². The van der Waals surface area contributed by atoms with Crippen LogP contribution in [0.25, 0.3) is 11.5 Å². The molecule has 1 N–H and O–H groups in total. The maximum absolute atomic E-state index is 10.4. The van der Waals surface area contributed by atoms with Crippen molar-refractivity contribution in [3.05, 3.63) is 59.9 Å². The Morgan fingerprint density at radius 2 is 2.04 bits per heavy atom. The van der Waals surface area contributed by atoms with Gasteiger partial charge in [0, 0.05) is 62.2 Å². The lowest BCUT2D eigenvalue weighted by atomic mass is 10.0. The van der Waals surface area contributed by atoms with E-state index in [1.807, 2.05) is 43.6 Å². The number of aliphatic hydroxyl groups is 1. The van der Waals surface area contributed by atoms with Crippen molar-refractivity contribution in [1.29, 1.82) is 0 Å². The summed E-state index contributed by atoms with van der Waals surface area (Å²) in [4.78, 5) is 15.3. The maximum atomic E-state index is 10.4. The summed E-state index contributed by atoms with van der Waals surface area (Å²) in [5.74, 6) is 1.60. The van der Waals surface area contributed by atoms with Crippen molar-refractivity contribution in [1.82, 2.24) is 25.0 Å². The molecule has 1 fully saturated rings. The summed E-state index contributed by atoms with van der Waals surface area (Å²) in [7, 11) is 0. The Kier molecular flexibility index (Phi) is 4.73. The van der Waals surface area contributed by atoms with Crippen LogP contribution in [-0.2, 0) is 13.0 Å². The normalized spacial score (nSPS) is 20.5. The average Bonchev–Trinajstić information content (AvgIpc) is 3.22. The zero-order chi connectivity index (χ0) is 17.9. The van der Waals surface area contributed by atoms with Crippen LogP contribution in [0, 0.1) is 12.8 Å². The van der Waals surface area contributed by atoms with Crippen LogP contribution in [0.1, 0.15) is 17.0 Å². The van der Waals surface area contributed by atoms with Gasteiger partial charge in [0.15, 0.2) is 5.82 Å². The number of nitrogens with zero attached hydrogens (tertiary/aromatic N) is 5. The highest BCUT2D eigenvalue weighted by Crippen LogP contribution is 2.23. The molecule has 3 aromatic rings. The fraction of sp³-hybridized carbons (Fsp3) is 0.368. The molecular formula is C19H21N5O2. The first-order valence-corrected chi connectivity index (χ1v) is 8.72. The molecule has 0 amide bonds. The van der Waals surface area contributed by atoms with Crippen molar-refractivity contribution in [3.8, 4) is 11.5 Å². The molecule has 134 valence electrons. The molecular weight excluding hydrogens is 330 g/mol. The van der Waals surface area contributed by atoms with Crippen molar-refractivity contribution < 1.29 is 9.63 Å². The zero-order valence-corrected chi connectivity index (χ0v) is 14.6. The van der Waals surface area contributed by atoms with Crippen LogP contribution in [0.5, 0.6) is 0 Å². The number of rotatable bonds is 5. The molecule has 1 aliphatic heterocycles. The van der Waals surface area contributed by atoms with Gasteiger partial charge in [-0.3, -0.25) is 9.88 Å². The summed E-state index contributed by atoms with van der Waals surface area (Å²) in [6.07, 6.45) is 5.73. The predicted octanol–water partition coefficient (Wildman–Crippen LogP) is 1.87. The summed E-state index contributed by atoms with van der Waals surface area (Å²) < 4.78 is 5.28. The van der Waals surface area contributed by atoms with Gasteiger partial charge in [-0.2, -0.15) is 0 Å². The SMILES string of the molecule is Cc1cc(C[C@@H]2CN(Cc3cnc(-c4ccccn4)nc3)C[C@H]2O)on1. The second-order valence-corrected chi connectivity index (χ2v) is 6.79. The molecule has 0 radical (unpaired) electrons. The summed E-state index contributed by atoms with van der Waals surface area (Å²) in [6.45, 7) is 4.06. The Hall–Kier alpha value is -2.64. The highest BCUT2D eigenvalue weighted by atomic mass is 16.5. The molecule has 26 heavy (non-hydrogen) atoms. The predicted molar refractivity (Wildman–Crippen MR) is 95.0 cm³/mol. The van der Waals surface area contributed by atoms with Gasteiger partial charge in [-0.25, -0.2) is 9.97 Å². The van der Waals surface area contributed by atoms with E-state index in [1.165, 1.54) is 0 Å². The minimum Gasteiger partial charge on any atom is -0.391 e. The minimum atomic E-state index is -0.367. The van der Waals surface area contributed by atoms with Crippen LogP contribution in [-0.4, -0.2) is 49.3 Å². The van der Waals surface area contributed by atoms with E-state index >= 15 is 0 Å². The Balaban J connectivity index is 1.37. The molecule has 3 aromatic heterocycles. The molecule has 4 rings (SSSR count). The molecule has 4 heterocycles. The summed E-state index contributed by atoms with van der Waals surface area (Å²) in [5, 5.41) is 14.3. The fourth-order valence-corrected chi connectivity index (χ4v) is 3.36. The first kappa shape index (κ1) is 16.8. The van der Waals surface area contributed by atoms with E-state index in [2.05, 4.69) is 25.0 Å². The lowest BCUT2D eigenvalue weighted by Gasteiger charge is -2.15. The van der Waals surface area contributed by atoms with Gasteiger partial charge in [0.1, 0.15) is 11.5 Å². The van der Waals surface area contributed by atoms with E-state index in [0.29, 0.717) is 25.3 Å². The molecule has 0 spiro atoms. The molecule has 7 heteroatoms. The molecule has 2 atom stereocenters. The van der Waals surface area contributed by atoms with Crippen LogP contribution < -0.4 is 0 Å². The van der Waals surface area contributed by atoms with Crippen LogP contribution >= 0.6 is 0 Å². The van der Waals surface area contributed by atoms with E-state index in [1.54, 1.807) is 6.20 Å². The number of hydrogen-bond acceptors (Lipinski definition) is 7. The van der Waals surface area contributed by atoms with Gasteiger partial charge in [-0.1, -0.05) is 11.2 Å². The number of hydrogen-bond donors (Lipinski definition) is 1. The third-order valence-corrected chi connectivity index (χ3v) is 4.63. The smallest absolute Gasteiger partial charge is 0.178 e. The quantitative estimate of drug-likeness (QED) is 0.751. The Morgan fingerprint density at radius 3 is 2.73 bits per heavy atom. The first-order chi connectivity index (χ1) is 12.7. The monoisotopic (exact) mass is 351 g/mol. The topological polar surface area (TPSA) is 88.2 Å². The number of aliphatic hydroxyl groups excluding tert-OH is 1. The molecule has 7 nitrogen and oxygen atoms in total. The first-order valence-electron chi connectivity index (χ1n) is 8.72. The van der Waals surface area contributed by atoms with Gasteiger partial charge in [0.05, 0.1) is 11.8 Å². The third kappa shape index (κ3) is 3.79. The third-order valence-electron chi connectivity index (χ3n) is 4.63. The van der Waals surface area contributed by atoms with Gasteiger partial charge in [0.2, 0.25) is 0 Å². The molecule has 0 unspecified atom stereocenters. The lowest BCUT2D eigenvalue weighted by molar-refractivity contribution is 0.137. The maximum Gasteiger partial charge on any atom is 0.178 e. The Labute approximate surface area is 151 Å². The van der Waals surface area contributed by atoms with Gasteiger partial charge >= 0.3 is 0 Å². The molecule has 0 aliphatic carbocycles. The summed E-state index contributed by atoms with van der Waals surface area (Å²) >= 11 is 0. The summed E-state index contributed by atoms with van der Waals surface area (Å²) in [5.41, 5.74) is 2.65.